The van der Waals surface area contributed by atoms with Crippen molar-refractivity contribution in [1.29, 1.82) is 0 Å². The minimum atomic E-state index is 0.0270. The van der Waals surface area contributed by atoms with Crippen LogP contribution in [0.1, 0.15) is 42.9 Å². The van der Waals surface area contributed by atoms with Crippen LogP contribution in [-0.2, 0) is 11.3 Å². The Morgan fingerprint density at radius 2 is 1.87 bits per heavy atom. The zero-order chi connectivity index (χ0) is 21.1. The zero-order valence-corrected chi connectivity index (χ0v) is 18.4. The Hall–Kier alpha value is -2.24. The highest BCUT2D eigenvalue weighted by Crippen LogP contribution is 2.39. The van der Waals surface area contributed by atoms with Crippen LogP contribution in [0.4, 0.5) is 0 Å². The van der Waals surface area contributed by atoms with E-state index in [9.17, 15) is 4.79 Å². The van der Waals surface area contributed by atoms with Crippen LogP contribution >= 0.6 is 11.6 Å². The highest BCUT2D eigenvalue weighted by molar-refractivity contribution is 6.30. The topological polar surface area (TPSA) is 42.0 Å². The quantitative estimate of drug-likeness (QED) is 0.612. The van der Waals surface area contributed by atoms with Gasteiger partial charge in [0.1, 0.15) is 11.5 Å². The summed E-state index contributed by atoms with van der Waals surface area (Å²) in [6, 6.07) is 14.3. The molecule has 2 fully saturated rings. The predicted octanol–water partition coefficient (Wildman–Crippen LogP) is 4.69. The summed E-state index contributed by atoms with van der Waals surface area (Å²) in [5.41, 5.74) is 2.21. The average molecular weight is 429 g/mol. The van der Waals surface area contributed by atoms with Gasteiger partial charge in [-0.25, -0.2) is 0 Å². The first-order valence-corrected chi connectivity index (χ1v) is 11.0. The molecule has 0 spiro atoms. The van der Waals surface area contributed by atoms with Crippen molar-refractivity contribution in [1.82, 2.24) is 9.80 Å². The van der Waals surface area contributed by atoms with Crippen molar-refractivity contribution in [2.24, 2.45) is 0 Å². The van der Waals surface area contributed by atoms with E-state index in [4.69, 9.17) is 21.1 Å². The summed E-state index contributed by atoms with van der Waals surface area (Å²) in [6.45, 7) is 1.99. The van der Waals surface area contributed by atoms with Crippen molar-refractivity contribution in [2.75, 3.05) is 27.3 Å². The molecule has 0 radical (unpaired) electrons. The van der Waals surface area contributed by atoms with E-state index in [1.54, 1.807) is 14.2 Å². The van der Waals surface area contributed by atoms with Gasteiger partial charge in [0.05, 0.1) is 26.8 Å². The summed E-state index contributed by atoms with van der Waals surface area (Å²) in [5.74, 6) is 1.77. The van der Waals surface area contributed by atoms with Gasteiger partial charge in [-0.05, 0) is 61.6 Å². The first kappa shape index (κ1) is 21.0. The number of nitrogens with zero attached hydrogens (tertiary/aromatic N) is 2. The number of carbonyl (C=O) groups excluding carboxylic acids is 1. The summed E-state index contributed by atoms with van der Waals surface area (Å²) >= 11 is 6.02. The van der Waals surface area contributed by atoms with Crippen LogP contribution in [0.3, 0.4) is 0 Å². The minimum absolute atomic E-state index is 0.0270. The number of amides is 1. The molecule has 30 heavy (non-hydrogen) atoms. The molecule has 1 unspecified atom stereocenters. The second-order valence-electron chi connectivity index (χ2n) is 8.12. The molecule has 1 atom stereocenters. The lowest BCUT2D eigenvalue weighted by atomic mass is 10.0. The van der Waals surface area contributed by atoms with Crippen LogP contribution < -0.4 is 9.47 Å². The van der Waals surface area contributed by atoms with Gasteiger partial charge < -0.3 is 14.4 Å². The highest BCUT2D eigenvalue weighted by atomic mass is 35.5. The molecular formula is C24H29ClN2O3. The van der Waals surface area contributed by atoms with Gasteiger partial charge in [0.15, 0.2) is 0 Å². The molecule has 6 heteroatoms. The lowest BCUT2D eigenvalue weighted by Crippen LogP contribution is -2.40. The Morgan fingerprint density at radius 1 is 1.10 bits per heavy atom. The van der Waals surface area contributed by atoms with E-state index in [-0.39, 0.29) is 11.9 Å². The van der Waals surface area contributed by atoms with Gasteiger partial charge in [0.25, 0.3) is 0 Å². The fourth-order valence-corrected chi connectivity index (χ4v) is 4.46. The van der Waals surface area contributed by atoms with Crippen LogP contribution in [0.5, 0.6) is 11.5 Å². The van der Waals surface area contributed by atoms with E-state index in [2.05, 4.69) is 4.90 Å². The molecule has 1 aliphatic heterocycles. The smallest absolute Gasteiger partial charge is 0.237 e. The van der Waals surface area contributed by atoms with Gasteiger partial charge in [0.2, 0.25) is 5.91 Å². The van der Waals surface area contributed by atoms with E-state index in [1.165, 1.54) is 5.56 Å². The van der Waals surface area contributed by atoms with Gasteiger partial charge in [-0.1, -0.05) is 23.7 Å². The van der Waals surface area contributed by atoms with Crippen LogP contribution in [0, 0.1) is 0 Å². The van der Waals surface area contributed by atoms with Crippen LogP contribution in [0.15, 0.2) is 42.5 Å². The fraction of sp³-hybridized carbons (Fsp3) is 0.458. The Balaban J connectivity index is 1.49. The van der Waals surface area contributed by atoms with Crippen LogP contribution in [-0.4, -0.2) is 49.1 Å². The van der Waals surface area contributed by atoms with E-state index in [0.29, 0.717) is 12.6 Å². The van der Waals surface area contributed by atoms with Crippen molar-refractivity contribution >= 4 is 17.5 Å². The van der Waals surface area contributed by atoms with Gasteiger partial charge in [-0.15, -0.1) is 0 Å². The largest absolute Gasteiger partial charge is 0.497 e. The maximum Gasteiger partial charge on any atom is 0.237 e. The molecule has 0 aromatic heterocycles. The number of benzene rings is 2. The summed E-state index contributed by atoms with van der Waals surface area (Å²) in [4.78, 5) is 17.7. The molecule has 0 N–H and O–H groups in total. The van der Waals surface area contributed by atoms with Crippen molar-refractivity contribution in [3.63, 3.8) is 0 Å². The van der Waals surface area contributed by atoms with Crippen molar-refractivity contribution in [3.8, 4) is 11.5 Å². The second-order valence-corrected chi connectivity index (χ2v) is 8.55. The monoisotopic (exact) mass is 428 g/mol. The normalized spacial score (nSPS) is 18.7. The van der Waals surface area contributed by atoms with Crippen molar-refractivity contribution < 1.29 is 14.3 Å². The maximum absolute atomic E-state index is 13.4. The summed E-state index contributed by atoms with van der Waals surface area (Å²) < 4.78 is 11.0. The standard InChI is InChI=1S/C24H29ClN2O3/c1-29-20-11-12-23(30-2)21(14-20)22-4-3-13-27(22)24(28)16-26(19-9-10-19)15-17-5-7-18(25)8-6-17/h5-8,11-12,14,19,22H,3-4,9-10,13,15-16H2,1-2H3. The number of methoxy groups -OCH3 is 2. The number of halogens is 1. The number of hydrogen-bond acceptors (Lipinski definition) is 4. The molecule has 2 aromatic carbocycles. The first-order valence-electron chi connectivity index (χ1n) is 10.6. The fourth-order valence-electron chi connectivity index (χ4n) is 4.33. The molecule has 1 saturated carbocycles. The van der Waals surface area contributed by atoms with Gasteiger partial charge in [-0.2, -0.15) is 0 Å². The minimum Gasteiger partial charge on any atom is -0.497 e. The second kappa shape index (κ2) is 9.27. The molecule has 4 rings (SSSR count). The number of rotatable bonds is 8. The molecule has 2 aromatic rings. The SMILES string of the molecule is COc1ccc(OC)c(C2CCCN2C(=O)CN(Cc2ccc(Cl)cc2)C2CC2)c1. The van der Waals surface area contributed by atoms with Crippen LogP contribution in [0.2, 0.25) is 5.02 Å². The van der Waals surface area contributed by atoms with Crippen molar-refractivity contribution in [2.45, 2.75) is 44.3 Å². The third-order valence-corrected chi connectivity index (χ3v) is 6.32. The van der Waals surface area contributed by atoms with E-state index >= 15 is 0 Å². The van der Waals surface area contributed by atoms with Gasteiger partial charge >= 0.3 is 0 Å². The molecule has 0 bridgehead atoms. The zero-order valence-electron chi connectivity index (χ0n) is 17.6. The molecule has 1 saturated heterocycles. The number of ether oxygens (including phenoxy) is 2. The highest BCUT2D eigenvalue weighted by Gasteiger charge is 2.36. The third kappa shape index (κ3) is 4.73. The Labute approximate surface area is 183 Å². The van der Waals surface area contributed by atoms with Gasteiger partial charge in [0, 0.05) is 29.7 Å². The lowest BCUT2D eigenvalue weighted by molar-refractivity contribution is -0.133. The molecule has 1 aliphatic carbocycles. The molecule has 2 aliphatic rings. The Morgan fingerprint density at radius 3 is 2.53 bits per heavy atom. The summed E-state index contributed by atoms with van der Waals surface area (Å²) in [5, 5.41) is 0.736. The van der Waals surface area contributed by atoms with E-state index < -0.39 is 0 Å². The predicted molar refractivity (Wildman–Crippen MR) is 118 cm³/mol. The van der Waals surface area contributed by atoms with Crippen LogP contribution in [0.25, 0.3) is 0 Å². The van der Waals surface area contributed by atoms with E-state index in [0.717, 1.165) is 60.9 Å². The number of likely N-dealkylation sites (tertiary alicyclic amines) is 1. The lowest BCUT2D eigenvalue weighted by Gasteiger charge is -2.30. The summed E-state index contributed by atoms with van der Waals surface area (Å²) in [6.07, 6.45) is 4.26. The molecule has 1 amide bonds. The molecule has 5 nitrogen and oxygen atoms in total. The first-order chi connectivity index (χ1) is 14.6. The number of carbonyl (C=O) groups is 1. The molecular weight excluding hydrogens is 400 g/mol. The molecule has 1 heterocycles. The van der Waals surface area contributed by atoms with E-state index in [1.807, 2.05) is 47.4 Å². The summed E-state index contributed by atoms with van der Waals surface area (Å²) in [7, 11) is 3.33. The maximum atomic E-state index is 13.4. The van der Waals surface area contributed by atoms with Gasteiger partial charge in [-0.3, -0.25) is 9.69 Å². The van der Waals surface area contributed by atoms with Crippen molar-refractivity contribution in [3.05, 3.63) is 58.6 Å². The third-order valence-electron chi connectivity index (χ3n) is 6.07. The average Bonchev–Trinajstić information content (AvgIpc) is 3.50. The number of hydrogen-bond donors (Lipinski definition) is 0. The Bertz CT molecular complexity index is 883. The molecule has 160 valence electrons. The Kier molecular flexibility index (Phi) is 6.49.